The van der Waals surface area contributed by atoms with E-state index in [1.807, 2.05) is 12.1 Å². The minimum Gasteiger partial charge on any atom is -0.508 e. The van der Waals surface area contributed by atoms with Gasteiger partial charge in [-0.3, -0.25) is 0 Å². The molecule has 4 rings (SSSR count). The highest BCUT2D eigenvalue weighted by Crippen LogP contribution is 2.43. The second-order valence-electron chi connectivity index (χ2n) is 12.5. The van der Waals surface area contributed by atoms with Crippen LogP contribution in [0.4, 0.5) is 0 Å². The number of benzene rings is 2. The van der Waals surface area contributed by atoms with Gasteiger partial charge < -0.3 is 10.2 Å². The molecule has 182 valence electrons. The first-order chi connectivity index (χ1) is 15.9. The average Bonchev–Trinajstić information content (AvgIpc) is 2.78. The summed E-state index contributed by atoms with van der Waals surface area (Å²) in [5.74, 6) is 2.31. The Hall–Kier alpha value is -2.48. The zero-order valence-electron chi connectivity index (χ0n) is 21.9. The molecule has 2 aliphatic rings. The molecule has 2 heteroatoms. The number of allylic oxidation sites excluding steroid dienone is 4. The van der Waals surface area contributed by atoms with Gasteiger partial charge in [-0.25, -0.2) is 0 Å². The lowest BCUT2D eigenvalue weighted by Gasteiger charge is -2.33. The fraction of sp³-hybridized carbons (Fsp3) is 0.500. The average molecular weight is 459 g/mol. The molecular formula is C32H42O2. The summed E-state index contributed by atoms with van der Waals surface area (Å²) in [6, 6.07) is 12.3. The SMILES string of the molecule is CC(C)(C)c1cc(C2=CCC(C3CC=C(c4ccc(O)c(C(C)(C)C)c4)CC3)CC2)ccc1O. The number of aromatic hydroxyl groups is 2. The van der Waals surface area contributed by atoms with Crippen LogP contribution in [-0.4, -0.2) is 10.2 Å². The maximum absolute atomic E-state index is 10.3. The maximum Gasteiger partial charge on any atom is 0.119 e. The Morgan fingerprint density at radius 1 is 0.618 bits per heavy atom. The first-order valence-electron chi connectivity index (χ1n) is 13.0. The molecule has 0 aromatic heterocycles. The molecule has 0 radical (unpaired) electrons. The van der Waals surface area contributed by atoms with E-state index in [1.54, 1.807) is 0 Å². The maximum atomic E-state index is 10.3. The summed E-state index contributed by atoms with van der Waals surface area (Å²) in [5.41, 5.74) is 7.36. The summed E-state index contributed by atoms with van der Waals surface area (Å²) < 4.78 is 0. The number of phenols is 2. The molecule has 0 fully saturated rings. The van der Waals surface area contributed by atoms with Crippen molar-refractivity contribution in [3.05, 3.63) is 70.8 Å². The van der Waals surface area contributed by atoms with Crippen LogP contribution in [0, 0.1) is 11.8 Å². The van der Waals surface area contributed by atoms with Crippen LogP contribution >= 0.6 is 0 Å². The molecule has 0 aliphatic heterocycles. The Bertz CT molecular complexity index is 1020. The van der Waals surface area contributed by atoms with E-state index in [9.17, 15) is 10.2 Å². The minimum absolute atomic E-state index is 0.0604. The molecule has 2 aliphatic carbocycles. The third kappa shape index (κ3) is 5.27. The highest BCUT2D eigenvalue weighted by atomic mass is 16.3. The van der Waals surface area contributed by atoms with Crippen LogP contribution in [-0.2, 0) is 10.8 Å². The topological polar surface area (TPSA) is 40.5 Å². The van der Waals surface area contributed by atoms with Crippen LogP contribution in [0.3, 0.4) is 0 Å². The van der Waals surface area contributed by atoms with Crippen molar-refractivity contribution in [2.45, 2.75) is 90.9 Å². The number of rotatable bonds is 3. The van der Waals surface area contributed by atoms with E-state index in [4.69, 9.17) is 0 Å². The molecule has 0 saturated heterocycles. The molecule has 2 atom stereocenters. The van der Waals surface area contributed by atoms with Crippen molar-refractivity contribution in [3.8, 4) is 11.5 Å². The van der Waals surface area contributed by atoms with E-state index in [-0.39, 0.29) is 10.8 Å². The lowest BCUT2D eigenvalue weighted by atomic mass is 9.73. The van der Waals surface area contributed by atoms with Gasteiger partial charge in [-0.1, -0.05) is 65.8 Å². The predicted octanol–water partition coefficient (Wildman–Crippen LogP) is 8.76. The van der Waals surface area contributed by atoms with Gasteiger partial charge in [-0.15, -0.1) is 0 Å². The Morgan fingerprint density at radius 3 is 1.29 bits per heavy atom. The van der Waals surface area contributed by atoms with Gasteiger partial charge in [-0.2, -0.15) is 0 Å². The smallest absolute Gasteiger partial charge is 0.119 e. The van der Waals surface area contributed by atoms with Crippen LogP contribution in [0.15, 0.2) is 48.6 Å². The standard InChI is InChI=1S/C32H42O2/c1-31(2,3)27-19-25(15-17-29(27)33)23-11-7-21(8-12-23)22-9-13-24(14-10-22)26-16-18-30(34)28(20-26)32(4,5)6/h11,13,15-22,33-34H,7-10,12,14H2,1-6H3. The van der Waals surface area contributed by atoms with Crippen LogP contribution in [0.1, 0.15) is 102 Å². The van der Waals surface area contributed by atoms with Crippen molar-refractivity contribution in [2.75, 3.05) is 0 Å². The molecule has 34 heavy (non-hydrogen) atoms. The highest BCUT2D eigenvalue weighted by Gasteiger charge is 2.27. The summed E-state index contributed by atoms with van der Waals surface area (Å²) in [4.78, 5) is 0. The summed E-state index contributed by atoms with van der Waals surface area (Å²) in [5, 5.41) is 20.6. The van der Waals surface area contributed by atoms with Crippen LogP contribution < -0.4 is 0 Å². The fourth-order valence-corrected chi connectivity index (χ4v) is 5.76. The monoisotopic (exact) mass is 458 g/mol. The molecule has 0 saturated carbocycles. The van der Waals surface area contributed by atoms with Crippen molar-refractivity contribution in [2.24, 2.45) is 11.8 Å². The fourth-order valence-electron chi connectivity index (χ4n) is 5.76. The minimum atomic E-state index is -0.0604. The van der Waals surface area contributed by atoms with Crippen LogP contribution in [0.2, 0.25) is 0 Å². The van der Waals surface area contributed by atoms with E-state index >= 15 is 0 Å². The van der Waals surface area contributed by atoms with Crippen molar-refractivity contribution in [1.82, 2.24) is 0 Å². The van der Waals surface area contributed by atoms with E-state index in [2.05, 4.69) is 78.0 Å². The molecule has 0 amide bonds. The summed E-state index contributed by atoms with van der Waals surface area (Å²) in [6.45, 7) is 12.9. The Kier molecular flexibility index (Phi) is 6.73. The van der Waals surface area contributed by atoms with Crippen LogP contribution in [0.5, 0.6) is 11.5 Å². The third-order valence-electron chi connectivity index (χ3n) is 7.92. The molecule has 2 aromatic rings. The first kappa shape index (κ1) is 24.6. The molecule has 0 heterocycles. The third-order valence-corrected chi connectivity index (χ3v) is 7.92. The summed E-state index contributed by atoms with van der Waals surface area (Å²) >= 11 is 0. The Labute approximate surface area is 206 Å². The van der Waals surface area contributed by atoms with Crippen molar-refractivity contribution in [3.63, 3.8) is 0 Å². The quantitative estimate of drug-likeness (QED) is 0.482. The van der Waals surface area contributed by atoms with Gasteiger partial charge in [0, 0.05) is 0 Å². The lowest BCUT2D eigenvalue weighted by molar-refractivity contribution is 0.292. The van der Waals surface area contributed by atoms with Crippen molar-refractivity contribution < 1.29 is 10.2 Å². The first-order valence-corrected chi connectivity index (χ1v) is 13.0. The summed E-state index contributed by atoms with van der Waals surface area (Å²) in [7, 11) is 0. The van der Waals surface area contributed by atoms with Crippen molar-refractivity contribution >= 4 is 11.1 Å². The second-order valence-corrected chi connectivity index (χ2v) is 12.5. The molecule has 2 nitrogen and oxygen atoms in total. The van der Waals surface area contributed by atoms with Crippen molar-refractivity contribution in [1.29, 1.82) is 0 Å². The number of hydrogen-bond acceptors (Lipinski definition) is 2. The Balaban J connectivity index is 1.43. The lowest BCUT2D eigenvalue weighted by Crippen LogP contribution is -2.19. The number of hydrogen-bond donors (Lipinski definition) is 2. The Morgan fingerprint density at radius 2 is 1.00 bits per heavy atom. The largest absolute Gasteiger partial charge is 0.508 e. The van der Waals surface area contributed by atoms with E-state index in [0.29, 0.717) is 11.5 Å². The molecule has 0 spiro atoms. The highest BCUT2D eigenvalue weighted by molar-refractivity contribution is 5.69. The zero-order valence-corrected chi connectivity index (χ0v) is 21.9. The van der Waals surface area contributed by atoms with Gasteiger partial charge in [0.05, 0.1) is 0 Å². The zero-order chi connectivity index (χ0) is 24.7. The van der Waals surface area contributed by atoms with Gasteiger partial charge in [0.25, 0.3) is 0 Å². The molecule has 0 bridgehead atoms. The van der Waals surface area contributed by atoms with Gasteiger partial charge in [0.2, 0.25) is 0 Å². The normalized spacial score (nSPS) is 21.7. The summed E-state index contributed by atoms with van der Waals surface area (Å²) in [6.07, 6.45) is 12.0. The van der Waals surface area contributed by atoms with Crippen LogP contribution in [0.25, 0.3) is 11.1 Å². The van der Waals surface area contributed by atoms with Gasteiger partial charge in [0.15, 0.2) is 0 Å². The van der Waals surface area contributed by atoms with E-state index < -0.39 is 0 Å². The van der Waals surface area contributed by atoms with E-state index in [0.717, 1.165) is 48.6 Å². The second kappa shape index (κ2) is 9.29. The number of phenolic OH excluding ortho intramolecular Hbond substituents is 2. The molecule has 2 unspecified atom stereocenters. The van der Waals surface area contributed by atoms with Gasteiger partial charge in [0.1, 0.15) is 11.5 Å². The molecule has 2 N–H and O–H groups in total. The molecule has 2 aromatic carbocycles. The van der Waals surface area contributed by atoms with E-state index in [1.165, 1.54) is 35.1 Å². The molecular weight excluding hydrogens is 416 g/mol. The van der Waals surface area contributed by atoms with Gasteiger partial charge in [-0.05, 0) is 119 Å². The van der Waals surface area contributed by atoms with Gasteiger partial charge >= 0.3 is 0 Å². The predicted molar refractivity (Wildman–Crippen MR) is 144 cm³/mol.